The zero-order valence-corrected chi connectivity index (χ0v) is 11.6. The highest BCUT2D eigenvalue weighted by Gasteiger charge is 2.47. The van der Waals surface area contributed by atoms with Crippen molar-refractivity contribution in [2.75, 3.05) is 13.7 Å². The van der Waals surface area contributed by atoms with Crippen LogP contribution in [0.25, 0.3) is 0 Å². The summed E-state index contributed by atoms with van der Waals surface area (Å²) in [4.78, 5) is 14.4. The van der Waals surface area contributed by atoms with Gasteiger partial charge in [-0.3, -0.25) is 4.79 Å². The van der Waals surface area contributed by atoms with Crippen LogP contribution in [0.3, 0.4) is 0 Å². The number of hydrogen-bond acceptors (Lipinski definition) is 3. The molecule has 1 aliphatic rings. The van der Waals surface area contributed by atoms with E-state index >= 15 is 0 Å². The first kappa shape index (κ1) is 14.4. The summed E-state index contributed by atoms with van der Waals surface area (Å²) >= 11 is 5.09. The van der Waals surface area contributed by atoms with E-state index in [1.54, 1.807) is 11.9 Å². The molecule has 5 heteroatoms. The van der Waals surface area contributed by atoms with Gasteiger partial charge in [0.15, 0.2) is 0 Å². The van der Waals surface area contributed by atoms with Gasteiger partial charge in [0, 0.05) is 7.05 Å². The fourth-order valence-corrected chi connectivity index (χ4v) is 2.54. The third kappa shape index (κ3) is 2.45. The summed E-state index contributed by atoms with van der Waals surface area (Å²) in [5, 5.41) is 9.32. The van der Waals surface area contributed by atoms with Gasteiger partial charge in [0.25, 0.3) is 0 Å². The molecule has 0 atom stereocenters. The highest BCUT2D eigenvalue weighted by atomic mass is 32.1. The molecule has 1 amide bonds. The van der Waals surface area contributed by atoms with Crippen molar-refractivity contribution in [2.45, 2.75) is 45.1 Å². The van der Waals surface area contributed by atoms with Crippen molar-refractivity contribution in [3.05, 3.63) is 0 Å². The average Bonchev–Trinajstić information content (AvgIpc) is 2.77. The van der Waals surface area contributed by atoms with Crippen molar-refractivity contribution in [1.82, 2.24) is 4.90 Å². The minimum Gasteiger partial charge on any atom is -0.394 e. The molecule has 17 heavy (non-hydrogen) atoms. The van der Waals surface area contributed by atoms with Gasteiger partial charge in [-0.15, -0.1) is 0 Å². The van der Waals surface area contributed by atoms with Crippen LogP contribution in [0.1, 0.15) is 39.5 Å². The summed E-state index contributed by atoms with van der Waals surface area (Å²) in [6.07, 6.45) is 3.42. The van der Waals surface area contributed by atoms with Crippen LogP contribution in [-0.2, 0) is 4.79 Å². The monoisotopic (exact) mass is 258 g/mol. The predicted molar refractivity (Wildman–Crippen MR) is 71.6 cm³/mol. The highest BCUT2D eigenvalue weighted by molar-refractivity contribution is 7.80. The molecule has 0 bridgehead atoms. The molecule has 0 aliphatic heterocycles. The average molecular weight is 258 g/mol. The molecule has 1 fully saturated rings. The van der Waals surface area contributed by atoms with Crippen molar-refractivity contribution in [3.8, 4) is 0 Å². The lowest BCUT2D eigenvalue weighted by atomic mass is 9.83. The first-order valence-corrected chi connectivity index (χ1v) is 6.38. The van der Waals surface area contributed by atoms with Crippen LogP contribution in [0.5, 0.6) is 0 Å². The Morgan fingerprint density at radius 1 is 1.47 bits per heavy atom. The number of aliphatic hydroxyl groups is 1. The van der Waals surface area contributed by atoms with Gasteiger partial charge < -0.3 is 15.7 Å². The number of carbonyl (C=O) groups is 1. The molecule has 0 aromatic heterocycles. The Kier molecular flexibility index (Phi) is 4.15. The molecule has 0 unspecified atom stereocenters. The van der Waals surface area contributed by atoms with Crippen molar-refractivity contribution in [2.24, 2.45) is 11.1 Å². The number of hydrogen-bond donors (Lipinski definition) is 2. The number of rotatable bonds is 4. The fourth-order valence-electron chi connectivity index (χ4n) is 2.25. The molecule has 0 spiro atoms. The van der Waals surface area contributed by atoms with E-state index in [0.717, 1.165) is 25.7 Å². The molecule has 1 saturated carbocycles. The topological polar surface area (TPSA) is 66.6 Å². The van der Waals surface area contributed by atoms with Crippen molar-refractivity contribution < 1.29 is 9.90 Å². The molecule has 1 rings (SSSR count). The van der Waals surface area contributed by atoms with Crippen LogP contribution in [0.4, 0.5) is 0 Å². The number of aliphatic hydroxyl groups excluding tert-OH is 1. The number of thiocarbonyl (C=S) groups is 1. The van der Waals surface area contributed by atoms with Crippen molar-refractivity contribution in [3.63, 3.8) is 0 Å². The van der Waals surface area contributed by atoms with E-state index in [0.29, 0.717) is 4.99 Å². The maximum atomic E-state index is 12.6. The molecular weight excluding hydrogens is 236 g/mol. The minimum atomic E-state index is -0.684. The molecule has 0 saturated heterocycles. The van der Waals surface area contributed by atoms with Crippen LogP contribution in [0.2, 0.25) is 0 Å². The lowest BCUT2D eigenvalue weighted by Gasteiger charge is -2.40. The molecule has 1 aliphatic carbocycles. The summed E-state index contributed by atoms with van der Waals surface area (Å²) < 4.78 is 0. The second-order valence-corrected chi connectivity index (χ2v) is 5.93. The summed E-state index contributed by atoms with van der Waals surface area (Å²) in [5.41, 5.74) is 4.51. The molecule has 0 radical (unpaired) electrons. The summed E-state index contributed by atoms with van der Waals surface area (Å²) in [7, 11) is 1.71. The van der Waals surface area contributed by atoms with Crippen LogP contribution < -0.4 is 5.73 Å². The number of nitrogens with two attached hydrogens (primary N) is 1. The quantitative estimate of drug-likeness (QED) is 0.740. The zero-order chi connectivity index (χ0) is 13.3. The summed E-state index contributed by atoms with van der Waals surface area (Å²) in [6.45, 7) is 3.57. The van der Waals surface area contributed by atoms with Crippen LogP contribution in [0.15, 0.2) is 0 Å². The Bertz CT molecular complexity index is 322. The van der Waals surface area contributed by atoms with Crippen LogP contribution in [-0.4, -0.2) is 40.1 Å². The fraction of sp³-hybridized carbons (Fsp3) is 0.833. The van der Waals surface area contributed by atoms with Crippen molar-refractivity contribution in [1.29, 1.82) is 0 Å². The largest absolute Gasteiger partial charge is 0.394 e. The second kappa shape index (κ2) is 4.90. The van der Waals surface area contributed by atoms with E-state index in [1.165, 1.54) is 0 Å². The smallest absolute Gasteiger partial charge is 0.235 e. The van der Waals surface area contributed by atoms with E-state index in [1.807, 2.05) is 13.8 Å². The van der Waals surface area contributed by atoms with Gasteiger partial charge in [-0.2, -0.15) is 0 Å². The highest BCUT2D eigenvalue weighted by Crippen LogP contribution is 2.41. The number of amides is 1. The van der Waals surface area contributed by atoms with E-state index < -0.39 is 11.0 Å². The molecular formula is C12H22N2O2S. The third-order valence-electron chi connectivity index (χ3n) is 3.94. The van der Waals surface area contributed by atoms with Gasteiger partial charge in [-0.05, 0) is 26.7 Å². The van der Waals surface area contributed by atoms with Crippen LogP contribution >= 0.6 is 12.2 Å². The lowest BCUT2D eigenvalue weighted by molar-refractivity contribution is -0.143. The van der Waals surface area contributed by atoms with Gasteiger partial charge in [-0.25, -0.2) is 0 Å². The Morgan fingerprint density at radius 3 is 2.29 bits per heavy atom. The minimum absolute atomic E-state index is 0.0541. The number of carbonyl (C=O) groups excluding carboxylic acids is 1. The number of nitrogens with zero attached hydrogens (tertiary/aromatic N) is 1. The SMILES string of the molecule is CN(C(=O)C1(C(N)=S)CCCC1)C(C)(C)CO. The van der Waals surface area contributed by atoms with Gasteiger partial charge in [0.05, 0.1) is 22.5 Å². The molecule has 3 N–H and O–H groups in total. The van der Waals surface area contributed by atoms with E-state index in [2.05, 4.69) is 0 Å². The zero-order valence-electron chi connectivity index (χ0n) is 10.8. The maximum Gasteiger partial charge on any atom is 0.235 e. The van der Waals surface area contributed by atoms with Gasteiger partial charge >= 0.3 is 0 Å². The second-order valence-electron chi connectivity index (χ2n) is 5.49. The van der Waals surface area contributed by atoms with E-state index in [4.69, 9.17) is 18.0 Å². The van der Waals surface area contributed by atoms with Crippen LogP contribution in [0, 0.1) is 5.41 Å². The Labute approximate surface area is 108 Å². The Hall–Kier alpha value is -0.680. The molecule has 0 aromatic rings. The molecule has 4 nitrogen and oxygen atoms in total. The Morgan fingerprint density at radius 2 is 1.94 bits per heavy atom. The van der Waals surface area contributed by atoms with Gasteiger partial charge in [-0.1, -0.05) is 25.1 Å². The molecule has 0 heterocycles. The molecule has 98 valence electrons. The first-order valence-electron chi connectivity index (χ1n) is 5.97. The third-order valence-corrected chi connectivity index (χ3v) is 4.33. The maximum absolute atomic E-state index is 12.6. The molecule has 0 aromatic carbocycles. The number of likely N-dealkylation sites (N-methyl/N-ethyl adjacent to an activating group) is 1. The Balaban J connectivity index is 2.98. The van der Waals surface area contributed by atoms with Crippen molar-refractivity contribution >= 4 is 23.1 Å². The van der Waals surface area contributed by atoms with Gasteiger partial charge in [0.1, 0.15) is 0 Å². The predicted octanol–water partition coefficient (Wildman–Crippen LogP) is 1.06. The lowest BCUT2D eigenvalue weighted by Crippen LogP contribution is -2.55. The standard InChI is InChI=1S/C12H22N2O2S/c1-11(2,8-15)14(3)10(16)12(9(13)17)6-4-5-7-12/h15H,4-8H2,1-3H3,(H2,13,17). The van der Waals surface area contributed by atoms with E-state index in [9.17, 15) is 9.90 Å². The summed E-state index contributed by atoms with van der Waals surface area (Å²) in [5.74, 6) is -0.0541. The normalized spacial score (nSPS) is 19.1. The van der Waals surface area contributed by atoms with Gasteiger partial charge in [0.2, 0.25) is 5.91 Å². The first-order chi connectivity index (χ1) is 7.78. The summed E-state index contributed by atoms with van der Waals surface area (Å²) in [6, 6.07) is 0. The van der Waals surface area contributed by atoms with E-state index in [-0.39, 0.29) is 12.5 Å².